The van der Waals surface area contributed by atoms with E-state index < -0.39 is 28.2 Å². The number of hydrogen-bond donors (Lipinski definition) is 2. The van der Waals surface area contributed by atoms with Crippen molar-refractivity contribution in [1.82, 2.24) is 20.0 Å². The van der Waals surface area contributed by atoms with Crippen LogP contribution in [0.4, 0.5) is 14.9 Å². The van der Waals surface area contributed by atoms with E-state index in [0.29, 0.717) is 17.8 Å². The van der Waals surface area contributed by atoms with Gasteiger partial charge >= 0.3 is 6.03 Å². The first kappa shape index (κ1) is 21.7. The SMILES string of the molecule is CCc1[nH]n(-c2ccc([N+](=O)[O-])cc2)c(=O)c1C=C1NC(=O)N(Cc2ccccc2F)C1=O. The number of carbonyl (C=O) groups is 2. The summed E-state index contributed by atoms with van der Waals surface area (Å²) >= 11 is 0. The summed E-state index contributed by atoms with van der Waals surface area (Å²) in [5.74, 6) is -1.23. The minimum absolute atomic E-state index is 0.113. The van der Waals surface area contributed by atoms with Crippen LogP contribution in [0.15, 0.2) is 59.0 Å². The van der Waals surface area contributed by atoms with Crippen molar-refractivity contribution in [1.29, 1.82) is 0 Å². The van der Waals surface area contributed by atoms with Crippen LogP contribution in [0.25, 0.3) is 11.8 Å². The van der Waals surface area contributed by atoms with Crippen LogP contribution in [0.2, 0.25) is 0 Å². The number of non-ortho nitro benzene ring substituents is 1. The number of carbonyl (C=O) groups excluding carboxylic acids is 2. The van der Waals surface area contributed by atoms with Crippen LogP contribution in [-0.2, 0) is 17.8 Å². The lowest BCUT2D eigenvalue weighted by molar-refractivity contribution is -0.384. The van der Waals surface area contributed by atoms with E-state index in [1.807, 2.05) is 0 Å². The van der Waals surface area contributed by atoms with Crippen LogP contribution in [0.5, 0.6) is 0 Å². The Morgan fingerprint density at radius 1 is 1.09 bits per heavy atom. The van der Waals surface area contributed by atoms with Gasteiger partial charge in [-0.2, -0.15) is 0 Å². The van der Waals surface area contributed by atoms with Gasteiger partial charge in [-0.3, -0.25) is 29.7 Å². The van der Waals surface area contributed by atoms with E-state index in [0.717, 1.165) is 4.90 Å². The number of aromatic amines is 1. The molecule has 2 N–H and O–H groups in total. The zero-order valence-corrected chi connectivity index (χ0v) is 17.4. The molecule has 1 aromatic heterocycles. The molecule has 2 heterocycles. The lowest BCUT2D eigenvalue weighted by Crippen LogP contribution is -2.30. The number of rotatable bonds is 6. The van der Waals surface area contributed by atoms with Crippen LogP contribution in [0.1, 0.15) is 23.7 Å². The number of nitro benzene ring substituents is 1. The van der Waals surface area contributed by atoms with Crippen molar-refractivity contribution in [2.24, 2.45) is 0 Å². The lowest BCUT2D eigenvalue weighted by atomic mass is 10.1. The predicted molar refractivity (Wildman–Crippen MR) is 116 cm³/mol. The molecule has 10 nitrogen and oxygen atoms in total. The van der Waals surface area contributed by atoms with Crippen molar-refractivity contribution >= 4 is 23.7 Å². The summed E-state index contributed by atoms with van der Waals surface area (Å²) in [6, 6.07) is 10.5. The maximum absolute atomic E-state index is 14.0. The Labute approximate surface area is 186 Å². The third-order valence-electron chi connectivity index (χ3n) is 5.21. The fourth-order valence-electron chi connectivity index (χ4n) is 3.48. The van der Waals surface area contributed by atoms with E-state index >= 15 is 0 Å². The van der Waals surface area contributed by atoms with E-state index in [1.54, 1.807) is 13.0 Å². The highest BCUT2D eigenvalue weighted by molar-refractivity contribution is 6.13. The van der Waals surface area contributed by atoms with Crippen LogP contribution in [0, 0.1) is 15.9 Å². The Bertz CT molecular complexity index is 1360. The molecule has 0 unspecified atom stereocenters. The standard InChI is InChI=1S/C22H18FN5O5/c1-2-18-16(20(29)27(25-18)14-7-9-15(10-8-14)28(32)33)11-19-21(30)26(22(31)24-19)12-13-5-3-4-6-17(13)23/h3-11,25H,2,12H2,1H3,(H,24,31). The molecule has 1 aliphatic rings. The second kappa shape index (κ2) is 8.54. The molecule has 2 aromatic carbocycles. The number of aromatic nitrogens is 2. The largest absolute Gasteiger partial charge is 0.329 e. The number of halogens is 1. The molecule has 0 aliphatic carbocycles. The van der Waals surface area contributed by atoms with E-state index in [2.05, 4.69) is 10.4 Å². The van der Waals surface area contributed by atoms with E-state index in [4.69, 9.17) is 0 Å². The third-order valence-corrected chi connectivity index (χ3v) is 5.21. The van der Waals surface area contributed by atoms with Gasteiger partial charge in [-0.25, -0.2) is 13.9 Å². The number of nitrogens with zero attached hydrogens (tertiary/aromatic N) is 3. The van der Waals surface area contributed by atoms with E-state index in [9.17, 15) is 28.9 Å². The molecule has 4 rings (SSSR count). The van der Waals surface area contributed by atoms with Crippen LogP contribution in [-0.4, -0.2) is 31.5 Å². The fourth-order valence-corrected chi connectivity index (χ4v) is 3.48. The molecule has 3 amide bonds. The van der Waals surface area contributed by atoms with Gasteiger partial charge in [0.05, 0.1) is 22.7 Å². The van der Waals surface area contributed by atoms with Gasteiger partial charge in [0.25, 0.3) is 17.2 Å². The summed E-state index contributed by atoms with van der Waals surface area (Å²) in [5, 5.41) is 16.2. The van der Waals surface area contributed by atoms with Crippen molar-refractivity contribution in [2.75, 3.05) is 0 Å². The molecule has 33 heavy (non-hydrogen) atoms. The van der Waals surface area contributed by atoms with Crippen molar-refractivity contribution in [3.05, 3.63) is 97.3 Å². The van der Waals surface area contributed by atoms with Gasteiger partial charge in [0.2, 0.25) is 0 Å². The first-order chi connectivity index (χ1) is 15.8. The van der Waals surface area contributed by atoms with Crippen LogP contribution >= 0.6 is 0 Å². The molecule has 0 bridgehead atoms. The molecule has 1 aliphatic heterocycles. The molecule has 11 heteroatoms. The molecule has 0 saturated carbocycles. The van der Waals surface area contributed by atoms with Crippen molar-refractivity contribution < 1.29 is 18.9 Å². The number of amides is 3. The van der Waals surface area contributed by atoms with Gasteiger partial charge in [-0.15, -0.1) is 0 Å². The summed E-state index contributed by atoms with van der Waals surface area (Å²) in [7, 11) is 0. The highest BCUT2D eigenvalue weighted by atomic mass is 19.1. The third kappa shape index (κ3) is 4.03. The second-order valence-corrected chi connectivity index (χ2v) is 7.24. The van der Waals surface area contributed by atoms with Crippen molar-refractivity contribution in [3.8, 4) is 5.69 Å². The second-order valence-electron chi connectivity index (χ2n) is 7.24. The quantitative estimate of drug-likeness (QED) is 0.258. The van der Waals surface area contributed by atoms with Gasteiger partial charge in [-0.1, -0.05) is 25.1 Å². The maximum atomic E-state index is 14.0. The van der Waals surface area contributed by atoms with Crippen LogP contribution < -0.4 is 10.9 Å². The first-order valence-electron chi connectivity index (χ1n) is 9.96. The Hall–Kier alpha value is -4.54. The van der Waals surface area contributed by atoms with Gasteiger partial charge in [0.15, 0.2) is 0 Å². The summed E-state index contributed by atoms with van der Waals surface area (Å²) in [6.45, 7) is 1.54. The molecule has 168 valence electrons. The smallest absolute Gasteiger partial charge is 0.303 e. The normalized spacial score (nSPS) is 14.7. The molecule has 1 fully saturated rings. The lowest BCUT2D eigenvalue weighted by Gasteiger charge is -2.12. The van der Waals surface area contributed by atoms with E-state index in [-0.39, 0.29) is 29.1 Å². The minimum atomic E-state index is -0.723. The van der Waals surface area contributed by atoms with Crippen LogP contribution in [0.3, 0.4) is 0 Å². The number of urea groups is 1. The maximum Gasteiger partial charge on any atom is 0.329 e. The zero-order valence-electron chi connectivity index (χ0n) is 17.4. The number of hydrogen-bond acceptors (Lipinski definition) is 5. The molecule has 0 spiro atoms. The highest BCUT2D eigenvalue weighted by Gasteiger charge is 2.34. The van der Waals surface area contributed by atoms with Crippen molar-refractivity contribution in [2.45, 2.75) is 19.9 Å². The molecular weight excluding hydrogens is 433 g/mol. The summed E-state index contributed by atoms with van der Waals surface area (Å²) in [6.07, 6.45) is 1.69. The number of aryl methyl sites for hydroxylation is 1. The molecule has 0 radical (unpaired) electrons. The summed E-state index contributed by atoms with van der Waals surface area (Å²) < 4.78 is 15.2. The average molecular weight is 451 g/mol. The monoisotopic (exact) mass is 451 g/mol. The highest BCUT2D eigenvalue weighted by Crippen LogP contribution is 2.20. The summed E-state index contributed by atoms with van der Waals surface area (Å²) in [5.41, 5.74) is 0.477. The Kier molecular flexibility index (Phi) is 5.61. The fraction of sp³-hybridized carbons (Fsp3) is 0.136. The Balaban J connectivity index is 1.67. The van der Waals surface area contributed by atoms with Crippen molar-refractivity contribution in [3.63, 3.8) is 0 Å². The average Bonchev–Trinajstić information content (AvgIpc) is 3.26. The first-order valence-corrected chi connectivity index (χ1v) is 9.96. The molecular formula is C22H18FN5O5. The zero-order chi connectivity index (χ0) is 23.7. The van der Waals surface area contributed by atoms with Gasteiger partial charge in [0, 0.05) is 23.4 Å². The Morgan fingerprint density at radius 3 is 2.42 bits per heavy atom. The van der Waals surface area contributed by atoms with Gasteiger partial charge in [-0.05, 0) is 30.7 Å². The molecule has 3 aromatic rings. The number of nitrogens with one attached hydrogen (secondary N) is 2. The van der Waals surface area contributed by atoms with Gasteiger partial charge < -0.3 is 5.32 Å². The van der Waals surface area contributed by atoms with Gasteiger partial charge in [0.1, 0.15) is 11.5 Å². The number of benzene rings is 2. The Morgan fingerprint density at radius 2 is 1.79 bits per heavy atom. The molecule has 1 saturated heterocycles. The number of imide groups is 1. The minimum Gasteiger partial charge on any atom is -0.303 e. The number of H-pyrrole nitrogens is 1. The predicted octanol–water partition coefficient (Wildman–Crippen LogP) is 2.87. The summed E-state index contributed by atoms with van der Waals surface area (Å²) in [4.78, 5) is 49.3. The molecule has 0 atom stereocenters. The number of nitro groups is 1. The topological polar surface area (TPSA) is 130 Å². The van der Waals surface area contributed by atoms with E-state index in [1.165, 1.54) is 53.2 Å².